The van der Waals surface area contributed by atoms with Gasteiger partial charge in [0.15, 0.2) is 0 Å². The minimum Gasteiger partial charge on any atom is -0.478 e. The van der Waals surface area contributed by atoms with Crippen molar-refractivity contribution in [3.8, 4) is 0 Å². The average Bonchev–Trinajstić information content (AvgIpc) is 1.85. The Morgan fingerprint density at radius 2 is 2.10 bits per heavy atom. The first-order valence-electron chi connectivity index (χ1n) is 2.35. The van der Waals surface area contributed by atoms with Gasteiger partial charge in [-0.3, -0.25) is 0 Å². The Morgan fingerprint density at radius 1 is 1.60 bits per heavy atom. The highest BCUT2D eigenvalue weighted by Crippen LogP contribution is 1.97. The molecular formula is C5H6O4S. The van der Waals surface area contributed by atoms with Crippen molar-refractivity contribution in [1.29, 1.82) is 0 Å². The number of carboxylic acid groups (broad SMARTS) is 1. The summed E-state index contributed by atoms with van der Waals surface area (Å²) in [4.78, 5) is 20.3. The molecule has 0 aromatic carbocycles. The fraction of sp³-hybridized carbons (Fsp3) is 0.200. The maximum absolute atomic E-state index is 10.4. The predicted molar refractivity (Wildman–Crippen MR) is 36.5 cm³/mol. The monoisotopic (exact) mass is 162 g/mol. The number of carbonyl (C=O) groups excluding carboxylic acids is 1. The molecule has 0 aromatic heterocycles. The summed E-state index contributed by atoms with van der Waals surface area (Å²) < 4.78 is 3.94. The van der Waals surface area contributed by atoms with E-state index in [-0.39, 0.29) is 5.57 Å². The number of carboxylic acids is 1. The van der Waals surface area contributed by atoms with Crippen LogP contribution in [-0.2, 0) is 13.8 Å². The van der Waals surface area contributed by atoms with Gasteiger partial charge in [-0.05, 0) is 6.92 Å². The fourth-order valence-corrected chi connectivity index (χ4v) is 0.460. The van der Waals surface area contributed by atoms with Gasteiger partial charge in [0.2, 0.25) is 0 Å². The van der Waals surface area contributed by atoms with Crippen molar-refractivity contribution in [1.82, 2.24) is 0 Å². The minimum absolute atomic E-state index is 0.00231. The summed E-state index contributed by atoms with van der Waals surface area (Å²) in [5.74, 6) is -1.94. The number of carbonyl (C=O) groups is 2. The summed E-state index contributed by atoms with van der Waals surface area (Å²) >= 11 is 3.19. The van der Waals surface area contributed by atoms with E-state index in [1.165, 1.54) is 6.92 Å². The molecule has 10 heavy (non-hydrogen) atoms. The summed E-state index contributed by atoms with van der Waals surface area (Å²) in [7, 11) is 0. The second kappa shape index (κ2) is 3.94. The molecule has 0 saturated heterocycles. The van der Waals surface area contributed by atoms with Crippen LogP contribution in [0.5, 0.6) is 0 Å². The zero-order chi connectivity index (χ0) is 8.15. The van der Waals surface area contributed by atoms with Crippen LogP contribution in [0.3, 0.4) is 0 Å². The molecule has 0 bridgehead atoms. The Bertz CT molecular complexity index is 184. The second-order valence-corrected chi connectivity index (χ2v) is 1.73. The van der Waals surface area contributed by atoms with Gasteiger partial charge >= 0.3 is 11.9 Å². The first kappa shape index (κ1) is 9.03. The van der Waals surface area contributed by atoms with Crippen molar-refractivity contribution in [3.63, 3.8) is 0 Å². The molecule has 0 aliphatic rings. The molecule has 0 aliphatic carbocycles. The summed E-state index contributed by atoms with van der Waals surface area (Å²) in [6.07, 6.45) is 0.749. The van der Waals surface area contributed by atoms with Gasteiger partial charge in [-0.25, -0.2) is 9.59 Å². The lowest BCUT2D eigenvalue weighted by Crippen LogP contribution is -2.01. The average molecular weight is 162 g/mol. The molecule has 0 amide bonds. The molecule has 5 heteroatoms. The Balaban J connectivity index is 4.19. The van der Waals surface area contributed by atoms with E-state index in [1.54, 1.807) is 0 Å². The van der Waals surface area contributed by atoms with Crippen molar-refractivity contribution in [2.75, 3.05) is 0 Å². The highest BCUT2D eigenvalue weighted by Gasteiger charge is 2.04. The smallest absolute Gasteiger partial charge is 0.345 e. The number of hydrogen-bond acceptors (Lipinski definition) is 4. The fourth-order valence-electron chi connectivity index (χ4n) is 0.316. The largest absolute Gasteiger partial charge is 0.478 e. The second-order valence-electron chi connectivity index (χ2n) is 1.54. The third kappa shape index (κ3) is 3.13. The van der Waals surface area contributed by atoms with Crippen LogP contribution in [0.1, 0.15) is 6.92 Å². The van der Waals surface area contributed by atoms with E-state index in [1.807, 2.05) is 0 Å². The Kier molecular flexibility index (Phi) is 3.56. The van der Waals surface area contributed by atoms with Crippen LogP contribution >= 0.6 is 12.9 Å². The molecule has 0 rings (SSSR count). The van der Waals surface area contributed by atoms with Gasteiger partial charge in [0.1, 0.15) is 0 Å². The number of rotatable bonds is 2. The van der Waals surface area contributed by atoms with E-state index in [4.69, 9.17) is 5.11 Å². The van der Waals surface area contributed by atoms with Crippen LogP contribution in [0.25, 0.3) is 0 Å². The molecule has 0 aliphatic heterocycles. The molecule has 0 atom stereocenters. The zero-order valence-electron chi connectivity index (χ0n) is 5.20. The molecule has 0 unspecified atom stereocenters. The van der Waals surface area contributed by atoms with Gasteiger partial charge in [-0.2, -0.15) is 0 Å². The Labute approximate surface area is 63.1 Å². The van der Waals surface area contributed by atoms with Crippen LogP contribution < -0.4 is 0 Å². The minimum atomic E-state index is -1.18. The summed E-state index contributed by atoms with van der Waals surface area (Å²) in [6, 6.07) is 0. The highest BCUT2D eigenvalue weighted by atomic mass is 32.1. The van der Waals surface area contributed by atoms with Gasteiger partial charge in [0, 0.05) is 24.6 Å². The van der Waals surface area contributed by atoms with Gasteiger partial charge < -0.3 is 9.29 Å². The topological polar surface area (TPSA) is 63.6 Å². The number of aliphatic carboxylic acids is 1. The molecule has 4 nitrogen and oxygen atoms in total. The first-order valence-corrected chi connectivity index (χ1v) is 2.71. The summed E-state index contributed by atoms with van der Waals surface area (Å²) in [5, 5.41) is 8.12. The molecular weight excluding hydrogens is 156 g/mol. The number of thiol groups is 1. The van der Waals surface area contributed by atoms with Gasteiger partial charge in [0.25, 0.3) is 0 Å². The van der Waals surface area contributed by atoms with Crippen LogP contribution in [-0.4, -0.2) is 17.0 Å². The molecule has 0 fully saturated rings. The molecule has 0 heterocycles. The van der Waals surface area contributed by atoms with Crippen LogP contribution in [0.15, 0.2) is 11.6 Å². The zero-order valence-corrected chi connectivity index (χ0v) is 6.09. The lowest BCUT2D eigenvalue weighted by atomic mass is 10.3. The molecule has 0 radical (unpaired) electrons. The van der Waals surface area contributed by atoms with Gasteiger partial charge in [-0.15, -0.1) is 0 Å². The Hall–Kier alpha value is -0.970. The van der Waals surface area contributed by atoms with Crippen molar-refractivity contribution in [3.05, 3.63) is 11.6 Å². The molecule has 1 N–H and O–H groups in total. The lowest BCUT2D eigenvalue weighted by molar-refractivity contribution is -0.133. The molecule has 56 valence electrons. The van der Waals surface area contributed by atoms with E-state index in [9.17, 15) is 9.59 Å². The first-order chi connectivity index (χ1) is 4.57. The maximum Gasteiger partial charge on any atom is 0.345 e. The molecule has 0 spiro atoms. The van der Waals surface area contributed by atoms with Crippen molar-refractivity contribution < 1.29 is 18.9 Å². The Morgan fingerprint density at radius 3 is 2.40 bits per heavy atom. The van der Waals surface area contributed by atoms with E-state index < -0.39 is 11.9 Å². The van der Waals surface area contributed by atoms with E-state index in [0.717, 1.165) is 6.08 Å². The third-order valence-electron chi connectivity index (χ3n) is 0.745. The van der Waals surface area contributed by atoms with E-state index >= 15 is 0 Å². The summed E-state index contributed by atoms with van der Waals surface area (Å²) in [5.41, 5.74) is 0.00231. The van der Waals surface area contributed by atoms with Crippen molar-refractivity contribution in [2.45, 2.75) is 6.92 Å². The predicted octanol–water partition coefficient (Wildman–Crippen LogP) is 0.405. The van der Waals surface area contributed by atoms with Crippen LogP contribution in [0, 0.1) is 0 Å². The van der Waals surface area contributed by atoms with E-state index in [2.05, 4.69) is 17.1 Å². The molecule has 0 saturated carbocycles. The third-order valence-corrected chi connectivity index (χ3v) is 0.911. The lowest BCUT2D eigenvalue weighted by Gasteiger charge is -1.92. The van der Waals surface area contributed by atoms with Crippen LogP contribution in [0.4, 0.5) is 0 Å². The number of hydrogen-bond donors (Lipinski definition) is 2. The van der Waals surface area contributed by atoms with Crippen molar-refractivity contribution >= 4 is 24.8 Å². The highest BCUT2D eigenvalue weighted by molar-refractivity contribution is 7.75. The molecule has 0 aromatic rings. The van der Waals surface area contributed by atoms with Crippen LogP contribution in [0.2, 0.25) is 0 Å². The van der Waals surface area contributed by atoms with E-state index in [0.29, 0.717) is 0 Å². The maximum atomic E-state index is 10.4. The van der Waals surface area contributed by atoms with Gasteiger partial charge in [-0.1, -0.05) is 0 Å². The quantitative estimate of drug-likeness (QED) is 0.350. The summed E-state index contributed by atoms with van der Waals surface area (Å²) in [6.45, 7) is 1.33. The van der Waals surface area contributed by atoms with Gasteiger partial charge in [0.05, 0.1) is 0 Å². The normalized spacial score (nSPS) is 10.8. The van der Waals surface area contributed by atoms with Crippen molar-refractivity contribution in [2.24, 2.45) is 0 Å². The standard InChI is InChI=1S/C5H6O4S/c1-3(2-4(6)7)5(8)9-10/h2,10H,1H3,(H,6,7)/b3-2+. The SMILES string of the molecule is C/C(=C\C(=O)O)C(=O)OS.